The van der Waals surface area contributed by atoms with Gasteiger partial charge in [0.1, 0.15) is 5.75 Å². The van der Waals surface area contributed by atoms with Crippen LogP contribution >= 0.6 is 0 Å². The first-order valence-electron chi connectivity index (χ1n) is 5.28. The Morgan fingerprint density at radius 1 is 1.17 bits per heavy atom. The topological polar surface area (TPSA) is 89.5 Å². The molecule has 0 aliphatic carbocycles. The lowest BCUT2D eigenvalue weighted by atomic mass is 10.1. The SMILES string of the molecule is O=C([O-])CNC(=O)c1cc2ccccc2cc1O. The third-order valence-electron chi connectivity index (χ3n) is 2.50. The van der Waals surface area contributed by atoms with Gasteiger partial charge in [-0.1, -0.05) is 24.3 Å². The average molecular weight is 244 g/mol. The van der Waals surface area contributed by atoms with Crippen LogP contribution in [0.5, 0.6) is 5.75 Å². The third kappa shape index (κ3) is 2.40. The molecule has 0 aromatic heterocycles. The zero-order valence-electron chi connectivity index (χ0n) is 9.34. The molecule has 0 radical (unpaired) electrons. The fraction of sp³-hybridized carbons (Fsp3) is 0.0769. The molecule has 0 bridgehead atoms. The summed E-state index contributed by atoms with van der Waals surface area (Å²) in [5, 5.41) is 23.7. The number of aromatic hydroxyl groups is 1. The number of hydrogen-bond donors (Lipinski definition) is 2. The highest BCUT2D eigenvalue weighted by Crippen LogP contribution is 2.24. The minimum Gasteiger partial charge on any atom is -0.548 e. The first-order chi connectivity index (χ1) is 8.58. The molecule has 2 aromatic rings. The number of aliphatic carboxylic acids is 1. The molecular weight excluding hydrogens is 234 g/mol. The largest absolute Gasteiger partial charge is 0.548 e. The van der Waals surface area contributed by atoms with Crippen LogP contribution < -0.4 is 10.4 Å². The second-order valence-electron chi connectivity index (χ2n) is 3.77. The van der Waals surface area contributed by atoms with Crippen molar-refractivity contribution in [2.45, 2.75) is 0 Å². The highest BCUT2D eigenvalue weighted by molar-refractivity contribution is 6.02. The Morgan fingerprint density at radius 2 is 1.78 bits per heavy atom. The minimum atomic E-state index is -1.39. The molecule has 2 N–H and O–H groups in total. The molecule has 0 fully saturated rings. The number of carbonyl (C=O) groups excluding carboxylic acids is 2. The molecule has 5 heteroatoms. The number of rotatable bonds is 3. The normalized spacial score (nSPS) is 10.2. The number of carbonyl (C=O) groups is 2. The number of phenols is 1. The predicted molar refractivity (Wildman–Crippen MR) is 63.0 cm³/mol. The maximum absolute atomic E-state index is 11.7. The summed E-state index contributed by atoms with van der Waals surface area (Å²) in [4.78, 5) is 21.9. The first-order valence-corrected chi connectivity index (χ1v) is 5.28. The summed E-state index contributed by atoms with van der Waals surface area (Å²) in [6, 6.07) is 10.2. The number of hydrogen-bond acceptors (Lipinski definition) is 4. The van der Waals surface area contributed by atoms with E-state index in [1.54, 1.807) is 12.1 Å². The van der Waals surface area contributed by atoms with Crippen molar-refractivity contribution in [2.75, 3.05) is 6.54 Å². The van der Waals surface area contributed by atoms with Crippen molar-refractivity contribution in [1.29, 1.82) is 0 Å². The third-order valence-corrected chi connectivity index (χ3v) is 2.50. The Kier molecular flexibility index (Phi) is 3.14. The van der Waals surface area contributed by atoms with Gasteiger partial charge in [-0.25, -0.2) is 0 Å². The summed E-state index contributed by atoms with van der Waals surface area (Å²) in [5.74, 6) is -2.23. The van der Waals surface area contributed by atoms with Crippen LogP contribution in [-0.2, 0) is 4.79 Å². The molecule has 0 unspecified atom stereocenters. The maximum atomic E-state index is 11.7. The predicted octanol–water partition coefficient (Wildman–Crippen LogP) is 0.0251. The van der Waals surface area contributed by atoms with E-state index in [4.69, 9.17) is 0 Å². The van der Waals surface area contributed by atoms with E-state index in [1.807, 2.05) is 12.1 Å². The van der Waals surface area contributed by atoms with E-state index in [1.165, 1.54) is 12.1 Å². The Balaban J connectivity index is 2.35. The van der Waals surface area contributed by atoms with Gasteiger partial charge in [0.25, 0.3) is 5.91 Å². The van der Waals surface area contributed by atoms with Gasteiger partial charge in [0.2, 0.25) is 0 Å². The summed E-state index contributed by atoms with van der Waals surface area (Å²) in [7, 11) is 0. The van der Waals surface area contributed by atoms with Crippen molar-refractivity contribution in [3.63, 3.8) is 0 Å². The van der Waals surface area contributed by atoms with Crippen molar-refractivity contribution >= 4 is 22.6 Å². The summed E-state index contributed by atoms with van der Waals surface area (Å²) in [6.45, 7) is -0.592. The van der Waals surface area contributed by atoms with Gasteiger partial charge in [-0.15, -0.1) is 0 Å². The van der Waals surface area contributed by atoms with E-state index in [0.717, 1.165) is 10.8 Å². The number of benzene rings is 2. The zero-order chi connectivity index (χ0) is 13.1. The van der Waals surface area contributed by atoms with Crippen molar-refractivity contribution in [1.82, 2.24) is 5.32 Å². The van der Waals surface area contributed by atoms with Gasteiger partial charge in [-0.3, -0.25) is 4.79 Å². The summed E-state index contributed by atoms with van der Waals surface area (Å²) in [6.07, 6.45) is 0. The van der Waals surface area contributed by atoms with Gasteiger partial charge in [0, 0.05) is 0 Å². The Hall–Kier alpha value is -2.56. The highest BCUT2D eigenvalue weighted by Gasteiger charge is 2.11. The number of nitrogens with one attached hydrogen (secondary N) is 1. The fourth-order valence-corrected chi connectivity index (χ4v) is 1.66. The fourth-order valence-electron chi connectivity index (χ4n) is 1.66. The van der Waals surface area contributed by atoms with E-state index in [0.29, 0.717) is 0 Å². The lowest BCUT2D eigenvalue weighted by molar-refractivity contribution is -0.303. The van der Waals surface area contributed by atoms with Gasteiger partial charge in [0.15, 0.2) is 0 Å². The first kappa shape index (κ1) is 11.9. The van der Waals surface area contributed by atoms with Crippen molar-refractivity contribution < 1.29 is 19.8 Å². The monoisotopic (exact) mass is 244 g/mol. The van der Waals surface area contributed by atoms with Gasteiger partial charge in [-0.05, 0) is 22.9 Å². The second-order valence-corrected chi connectivity index (χ2v) is 3.77. The van der Waals surface area contributed by atoms with Gasteiger partial charge < -0.3 is 20.3 Å². The van der Waals surface area contributed by atoms with Crippen LogP contribution in [0, 0.1) is 0 Å². The van der Waals surface area contributed by atoms with Crippen LogP contribution in [0.15, 0.2) is 36.4 Å². The molecule has 0 aliphatic heterocycles. The molecule has 1 amide bonds. The van der Waals surface area contributed by atoms with E-state index in [-0.39, 0.29) is 11.3 Å². The molecule has 5 nitrogen and oxygen atoms in total. The second kappa shape index (κ2) is 4.75. The standard InChI is InChI=1S/C13H11NO4/c15-11-6-9-4-2-1-3-8(9)5-10(11)13(18)14-7-12(16)17/h1-6,15H,7H2,(H,14,18)(H,16,17)/p-1. The molecular formula is C13H10NO4-. The van der Waals surface area contributed by atoms with Crippen molar-refractivity contribution in [3.05, 3.63) is 42.0 Å². The Labute approximate surface area is 103 Å². The van der Waals surface area contributed by atoms with E-state index < -0.39 is 18.4 Å². The molecule has 2 aromatic carbocycles. The lowest BCUT2D eigenvalue weighted by Crippen LogP contribution is -2.37. The molecule has 92 valence electrons. The van der Waals surface area contributed by atoms with E-state index in [2.05, 4.69) is 5.32 Å². The molecule has 0 spiro atoms. The van der Waals surface area contributed by atoms with Crippen LogP contribution in [-0.4, -0.2) is 23.5 Å². The zero-order valence-corrected chi connectivity index (χ0v) is 9.34. The molecule has 0 aliphatic rings. The molecule has 2 rings (SSSR count). The van der Waals surface area contributed by atoms with Crippen LogP contribution in [0.1, 0.15) is 10.4 Å². The van der Waals surface area contributed by atoms with Crippen LogP contribution in [0.4, 0.5) is 0 Å². The van der Waals surface area contributed by atoms with Crippen LogP contribution in [0.2, 0.25) is 0 Å². The minimum absolute atomic E-state index is 0.0370. The van der Waals surface area contributed by atoms with Crippen molar-refractivity contribution in [2.24, 2.45) is 0 Å². The molecule has 0 saturated carbocycles. The summed E-state index contributed by atoms with van der Waals surface area (Å²) in [5.41, 5.74) is 0.0370. The Bertz CT molecular complexity index is 621. The smallest absolute Gasteiger partial charge is 0.255 e. The van der Waals surface area contributed by atoms with Crippen LogP contribution in [0.25, 0.3) is 10.8 Å². The number of fused-ring (bicyclic) bond motifs is 1. The van der Waals surface area contributed by atoms with E-state index in [9.17, 15) is 19.8 Å². The summed E-state index contributed by atoms with van der Waals surface area (Å²) < 4.78 is 0. The van der Waals surface area contributed by atoms with E-state index >= 15 is 0 Å². The van der Waals surface area contributed by atoms with Gasteiger partial charge in [0.05, 0.1) is 18.1 Å². The molecule has 0 saturated heterocycles. The number of carboxylic acid groups (broad SMARTS) is 1. The quantitative estimate of drug-likeness (QED) is 0.796. The highest BCUT2D eigenvalue weighted by atomic mass is 16.4. The number of carboxylic acids is 1. The lowest BCUT2D eigenvalue weighted by Gasteiger charge is -2.08. The molecule has 0 heterocycles. The summed E-state index contributed by atoms with van der Waals surface area (Å²) >= 11 is 0. The van der Waals surface area contributed by atoms with Gasteiger partial charge >= 0.3 is 0 Å². The van der Waals surface area contributed by atoms with Crippen LogP contribution in [0.3, 0.4) is 0 Å². The number of amides is 1. The number of phenolic OH excluding ortho intramolecular Hbond substituents is 1. The average Bonchev–Trinajstić information content (AvgIpc) is 2.35. The molecule has 18 heavy (non-hydrogen) atoms. The van der Waals surface area contributed by atoms with Crippen molar-refractivity contribution in [3.8, 4) is 5.75 Å². The van der Waals surface area contributed by atoms with Gasteiger partial charge in [-0.2, -0.15) is 0 Å². The Morgan fingerprint density at radius 3 is 2.39 bits per heavy atom. The maximum Gasteiger partial charge on any atom is 0.255 e. The molecule has 0 atom stereocenters.